The molecule has 1 aromatic rings. The van der Waals surface area contributed by atoms with Gasteiger partial charge in [-0.3, -0.25) is 4.79 Å². The number of carbonyl (C=O) groups is 2. The molecule has 1 unspecified atom stereocenters. The summed E-state index contributed by atoms with van der Waals surface area (Å²) in [6.45, 7) is 1.49. The van der Waals surface area contributed by atoms with Gasteiger partial charge in [0.2, 0.25) is 10.0 Å². The largest absolute Gasteiger partial charge is 0.480 e. The fourth-order valence-corrected chi connectivity index (χ4v) is 4.75. The van der Waals surface area contributed by atoms with Crippen LogP contribution in [0.25, 0.3) is 0 Å². The third-order valence-electron chi connectivity index (χ3n) is 3.97. The number of carboxylic acid groups (broad SMARTS) is 1. The van der Waals surface area contributed by atoms with Crippen molar-refractivity contribution in [1.29, 1.82) is 0 Å². The minimum absolute atomic E-state index is 0.0375. The highest BCUT2D eigenvalue weighted by Crippen LogP contribution is 2.35. The molecule has 23 heavy (non-hydrogen) atoms. The van der Waals surface area contributed by atoms with E-state index in [1.807, 2.05) is 0 Å². The van der Waals surface area contributed by atoms with Crippen LogP contribution < -0.4 is 0 Å². The van der Waals surface area contributed by atoms with Gasteiger partial charge in [0.15, 0.2) is 0 Å². The zero-order chi connectivity index (χ0) is 17.4. The van der Waals surface area contributed by atoms with Gasteiger partial charge in [-0.15, -0.1) is 0 Å². The monoisotopic (exact) mass is 361 g/mol. The molecule has 1 aliphatic rings. The van der Waals surface area contributed by atoms with E-state index in [4.69, 9.17) is 11.6 Å². The SMILES string of the molecule is COC(=O)c1ccc(S(=O)(=O)N2CCCC2(C)C(=O)O)cc1Cl. The molecule has 2 rings (SSSR count). The molecule has 0 saturated carbocycles. The van der Waals surface area contributed by atoms with Crippen molar-refractivity contribution in [2.45, 2.75) is 30.2 Å². The van der Waals surface area contributed by atoms with Gasteiger partial charge in [-0.25, -0.2) is 13.2 Å². The number of carboxylic acids is 1. The van der Waals surface area contributed by atoms with Gasteiger partial charge in [0, 0.05) is 6.54 Å². The molecule has 0 radical (unpaired) electrons. The van der Waals surface area contributed by atoms with E-state index in [0.29, 0.717) is 6.42 Å². The van der Waals surface area contributed by atoms with E-state index < -0.39 is 27.5 Å². The first-order chi connectivity index (χ1) is 10.6. The summed E-state index contributed by atoms with van der Waals surface area (Å²) in [5.41, 5.74) is -1.46. The van der Waals surface area contributed by atoms with Crippen LogP contribution in [0.1, 0.15) is 30.1 Å². The number of esters is 1. The summed E-state index contributed by atoms with van der Waals surface area (Å²) in [7, 11) is -2.86. The highest BCUT2D eigenvalue weighted by Gasteiger charge is 2.49. The molecular weight excluding hydrogens is 346 g/mol. The summed E-state index contributed by atoms with van der Waals surface area (Å²) in [5, 5.41) is 9.29. The molecule has 1 N–H and O–H groups in total. The number of benzene rings is 1. The predicted molar refractivity (Wildman–Crippen MR) is 82.0 cm³/mol. The van der Waals surface area contributed by atoms with Crippen molar-refractivity contribution >= 4 is 33.6 Å². The number of nitrogens with zero attached hydrogens (tertiary/aromatic N) is 1. The number of methoxy groups -OCH3 is 1. The highest BCUT2D eigenvalue weighted by atomic mass is 35.5. The summed E-state index contributed by atoms with van der Waals surface area (Å²) in [4.78, 5) is 22.8. The second-order valence-electron chi connectivity index (χ2n) is 5.39. The van der Waals surface area contributed by atoms with E-state index in [1.165, 1.54) is 26.2 Å². The highest BCUT2D eigenvalue weighted by molar-refractivity contribution is 7.89. The molecule has 0 bridgehead atoms. The van der Waals surface area contributed by atoms with Crippen LogP contribution in [0.15, 0.2) is 23.1 Å². The van der Waals surface area contributed by atoms with Crippen LogP contribution in [0.4, 0.5) is 0 Å². The van der Waals surface area contributed by atoms with Crippen molar-refractivity contribution in [3.05, 3.63) is 28.8 Å². The lowest BCUT2D eigenvalue weighted by atomic mass is 10.0. The Morgan fingerprint density at radius 1 is 1.39 bits per heavy atom. The Labute approximate surface area is 138 Å². The van der Waals surface area contributed by atoms with E-state index >= 15 is 0 Å². The van der Waals surface area contributed by atoms with Gasteiger partial charge in [-0.2, -0.15) is 4.31 Å². The van der Waals surface area contributed by atoms with Gasteiger partial charge in [-0.05, 0) is 38.0 Å². The molecule has 7 nitrogen and oxygen atoms in total. The summed E-state index contributed by atoms with van der Waals surface area (Å²) >= 11 is 5.95. The van der Waals surface area contributed by atoms with Crippen molar-refractivity contribution in [2.24, 2.45) is 0 Å². The first kappa shape index (κ1) is 17.7. The van der Waals surface area contributed by atoms with E-state index in [2.05, 4.69) is 4.74 Å². The molecule has 1 aromatic carbocycles. The molecular formula is C14H16ClNO6S. The number of aliphatic carboxylic acids is 1. The summed E-state index contributed by atoms with van der Waals surface area (Å²) < 4.78 is 31.0. The number of hydrogen-bond acceptors (Lipinski definition) is 5. The van der Waals surface area contributed by atoms with Gasteiger partial charge in [0.1, 0.15) is 5.54 Å². The Balaban J connectivity index is 2.47. The smallest absolute Gasteiger partial charge is 0.339 e. The maximum atomic E-state index is 12.7. The van der Waals surface area contributed by atoms with Crippen LogP contribution in [0, 0.1) is 0 Å². The number of ether oxygens (including phenoxy) is 1. The van der Waals surface area contributed by atoms with Crippen molar-refractivity contribution < 1.29 is 27.9 Å². The lowest BCUT2D eigenvalue weighted by Crippen LogP contribution is -2.50. The van der Waals surface area contributed by atoms with Crippen LogP contribution in [-0.4, -0.2) is 49.0 Å². The van der Waals surface area contributed by atoms with E-state index in [0.717, 1.165) is 10.4 Å². The van der Waals surface area contributed by atoms with Crippen molar-refractivity contribution in [3.63, 3.8) is 0 Å². The first-order valence-electron chi connectivity index (χ1n) is 6.78. The quantitative estimate of drug-likeness (QED) is 0.820. The van der Waals surface area contributed by atoms with Gasteiger partial charge in [0.05, 0.1) is 22.6 Å². The second-order valence-corrected chi connectivity index (χ2v) is 7.66. The molecule has 1 heterocycles. The van der Waals surface area contributed by atoms with Crippen molar-refractivity contribution in [3.8, 4) is 0 Å². The summed E-state index contributed by atoms with van der Waals surface area (Å²) in [5.74, 6) is -1.88. The zero-order valence-corrected chi connectivity index (χ0v) is 14.1. The Morgan fingerprint density at radius 2 is 2.04 bits per heavy atom. The van der Waals surface area contributed by atoms with Crippen molar-refractivity contribution in [2.75, 3.05) is 13.7 Å². The predicted octanol–water partition coefficient (Wildman–Crippen LogP) is 1.75. The third-order valence-corrected chi connectivity index (χ3v) is 6.30. The van der Waals surface area contributed by atoms with Crippen LogP contribution >= 0.6 is 11.6 Å². The zero-order valence-electron chi connectivity index (χ0n) is 12.6. The molecule has 0 aromatic heterocycles. The average Bonchev–Trinajstić information content (AvgIpc) is 2.90. The minimum Gasteiger partial charge on any atom is -0.480 e. The summed E-state index contributed by atoms with van der Waals surface area (Å²) in [6.07, 6.45) is 0.686. The van der Waals surface area contributed by atoms with Gasteiger partial charge in [0.25, 0.3) is 0 Å². The van der Waals surface area contributed by atoms with Crippen molar-refractivity contribution in [1.82, 2.24) is 4.31 Å². The molecule has 0 spiro atoms. The van der Waals surface area contributed by atoms with Crippen LogP contribution in [0.3, 0.4) is 0 Å². The average molecular weight is 362 g/mol. The molecule has 0 aliphatic carbocycles. The number of hydrogen-bond donors (Lipinski definition) is 1. The number of halogens is 1. The molecule has 126 valence electrons. The fraction of sp³-hybridized carbons (Fsp3) is 0.429. The summed E-state index contributed by atoms with van der Waals surface area (Å²) in [6, 6.07) is 3.59. The van der Waals surface area contributed by atoms with E-state index in [1.54, 1.807) is 0 Å². The second kappa shape index (κ2) is 6.10. The molecule has 1 aliphatic heterocycles. The number of carbonyl (C=O) groups excluding carboxylic acids is 1. The van der Waals surface area contributed by atoms with E-state index in [9.17, 15) is 23.1 Å². The maximum Gasteiger partial charge on any atom is 0.339 e. The Hall–Kier alpha value is -1.64. The molecule has 1 atom stereocenters. The third kappa shape index (κ3) is 2.93. The van der Waals surface area contributed by atoms with Gasteiger partial charge < -0.3 is 9.84 Å². The Morgan fingerprint density at radius 3 is 2.57 bits per heavy atom. The number of rotatable bonds is 4. The number of sulfonamides is 1. The lowest BCUT2D eigenvalue weighted by Gasteiger charge is -2.30. The van der Waals surface area contributed by atoms with Crippen LogP contribution in [0.2, 0.25) is 5.02 Å². The minimum atomic E-state index is -4.05. The van der Waals surface area contributed by atoms with Crippen LogP contribution in [-0.2, 0) is 19.6 Å². The standard InChI is InChI=1S/C14H16ClNO6S/c1-14(13(18)19)6-3-7-16(14)23(20,21)9-4-5-10(11(15)8-9)12(17)22-2/h4-5,8H,3,6-7H2,1-2H3,(H,18,19). The fourth-order valence-electron chi connectivity index (χ4n) is 2.60. The van der Waals surface area contributed by atoms with Gasteiger partial charge in [-0.1, -0.05) is 11.6 Å². The molecule has 9 heteroatoms. The molecule has 0 amide bonds. The molecule has 1 fully saturated rings. The normalized spacial score (nSPS) is 22.0. The Bertz CT molecular complexity index is 763. The first-order valence-corrected chi connectivity index (χ1v) is 8.60. The van der Waals surface area contributed by atoms with Crippen LogP contribution in [0.5, 0.6) is 0 Å². The Kier molecular flexibility index (Phi) is 4.70. The van der Waals surface area contributed by atoms with E-state index in [-0.39, 0.29) is 28.4 Å². The topological polar surface area (TPSA) is 101 Å². The van der Waals surface area contributed by atoms with Gasteiger partial charge >= 0.3 is 11.9 Å². The maximum absolute atomic E-state index is 12.7. The molecule has 1 saturated heterocycles. The lowest BCUT2D eigenvalue weighted by molar-refractivity contribution is -0.146.